The van der Waals surface area contributed by atoms with Crippen LogP contribution in [0.1, 0.15) is 43.4 Å². The van der Waals surface area contributed by atoms with Gasteiger partial charge in [-0.05, 0) is 68.3 Å². The van der Waals surface area contributed by atoms with Crippen molar-refractivity contribution < 1.29 is 23.5 Å². The lowest BCUT2D eigenvalue weighted by atomic mass is 10.0. The molecule has 1 unspecified atom stereocenters. The average Bonchev–Trinajstić information content (AvgIpc) is 3.69. The lowest BCUT2D eigenvalue weighted by molar-refractivity contribution is 0.0508. The van der Waals surface area contributed by atoms with Crippen LogP contribution in [0.4, 0.5) is 14.9 Å². The van der Waals surface area contributed by atoms with Crippen LogP contribution in [0.15, 0.2) is 77.7 Å². The van der Waals surface area contributed by atoms with Crippen LogP contribution in [0.2, 0.25) is 0 Å². The maximum Gasteiger partial charge on any atom is 0.407 e. The SMILES string of the molecule is CC(C)(C)OC(=O)NC1CCN(c2c(F)cc3c(=O)c(C(=O)NCc4nc5ccccc5[nH]4)cn4c3c2Oc2cc3ccccc3cc2-4)C1. The second kappa shape index (κ2) is 11.4. The van der Waals surface area contributed by atoms with Gasteiger partial charge in [-0.25, -0.2) is 14.2 Å². The van der Waals surface area contributed by atoms with E-state index in [2.05, 4.69) is 20.6 Å². The van der Waals surface area contributed by atoms with E-state index in [-0.39, 0.29) is 35.0 Å². The van der Waals surface area contributed by atoms with Crippen molar-refractivity contribution in [2.75, 3.05) is 18.0 Å². The van der Waals surface area contributed by atoms with Crippen LogP contribution in [0.25, 0.3) is 38.4 Å². The lowest BCUT2D eigenvalue weighted by Gasteiger charge is -2.29. The van der Waals surface area contributed by atoms with Gasteiger partial charge < -0.3 is 34.6 Å². The predicted octanol–water partition coefficient (Wildman–Crippen LogP) is 6.30. The molecule has 0 radical (unpaired) electrons. The number of pyridine rings is 1. The third-order valence-electron chi connectivity index (χ3n) is 8.79. The Kier molecular flexibility index (Phi) is 7.05. The topological polar surface area (TPSA) is 131 Å². The van der Waals surface area contributed by atoms with Crippen molar-refractivity contribution in [3.8, 4) is 17.2 Å². The molecular formula is C37H33FN6O5. The molecular weight excluding hydrogens is 627 g/mol. The molecule has 2 aliphatic rings. The summed E-state index contributed by atoms with van der Waals surface area (Å²) < 4.78 is 30.0. The number of nitrogens with zero attached hydrogens (tertiary/aromatic N) is 3. The lowest BCUT2D eigenvalue weighted by Crippen LogP contribution is -2.40. The van der Waals surface area contributed by atoms with E-state index in [0.717, 1.165) is 21.8 Å². The van der Waals surface area contributed by atoms with Crippen LogP contribution in [-0.4, -0.2) is 51.3 Å². The highest BCUT2D eigenvalue weighted by molar-refractivity contribution is 6.02. The van der Waals surface area contributed by atoms with Crippen molar-refractivity contribution in [1.29, 1.82) is 0 Å². The Hall–Kier alpha value is -5.91. The maximum atomic E-state index is 16.3. The Morgan fingerprint density at radius 3 is 2.61 bits per heavy atom. The van der Waals surface area contributed by atoms with Crippen molar-refractivity contribution in [3.63, 3.8) is 0 Å². The average molecular weight is 661 g/mol. The number of aromatic nitrogens is 3. The van der Waals surface area contributed by atoms with Crippen LogP contribution in [0.5, 0.6) is 11.5 Å². The van der Waals surface area contributed by atoms with Gasteiger partial charge in [0.05, 0.1) is 34.7 Å². The van der Waals surface area contributed by atoms with Crippen LogP contribution in [0, 0.1) is 5.82 Å². The minimum Gasteiger partial charge on any atom is -0.451 e. The van der Waals surface area contributed by atoms with Crippen LogP contribution in [-0.2, 0) is 11.3 Å². The highest BCUT2D eigenvalue weighted by Gasteiger charge is 2.34. The van der Waals surface area contributed by atoms with Crippen molar-refractivity contribution >= 4 is 50.4 Å². The number of amides is 2. The number of benzene rings is 4. The molecule has 4 aromatic carbocycles. The van der Waals surface area contributed by atoms with E-state index < -0.39 is 28.8 Å². The molecule has 0 saturated carbocycles. The second-order valence-electron chi connectivity index (χ2n) is 13.4. The van der Waals surface area contributed by atoms with E-state index in [1.807, 2.05) is 60.7 Å². The second-order valence-corrected chi connectivity index (χ2v) is 13.4. The first kappa shape index (κ1) is 30.4. The Morgan fingerprint density at radius 1 is 1.08 bits per heavy atom. The molecule has 49 heavy (non-hydrogen) atoms. The van der Waals surface area contributed by atoms with Crippen molar-refractivity contribution in [1.82, 2.24) is 25.2 Å². The van der Waals surface area contributed by atoms with Crippen molar-refractivity contribution in [3.05, 3.63) is 100 Å². The van der Waals surface area contributed by atoms with E-state index in [4.69, 9.17) is 9.47 Å². The third kappa shape index (κ3) is 5.48. The number of fused-ring (bicyclic) bond motifs is 4. The molecule has 1 fully saturated rings. The number of rotatable bonds is 5. The summed E-state index contributed by atoms with van der Waals surface area (Å²) in [6.45, 7) is 6.15. The molecule has 0 bridgehead atoms. The summed E-state index contributed by atoms with van der Waals surface area (Å²) in [5.74, 6) is -0.147. The molecule has 0 spiro atoms. The molecule has 4 heterocycles. The Labute approximate surface area is 279 Å². The van der Waals surface area contributed by atoms with Gasteiger partial charge in [0.1, 0.15) is 28.2 Å². The summed E-state index contributed by atoms with van der Waals surface area (Å²) in [5.41, 5.74) is 1.28. The zero-order chi connectivity index (χ0) is 34.0. The number of H-pyrrole nitrogens is 1. The molecule has 248 valence electrons. The van der Waals surface area contributed by atoms with Gasteiger partial charge in [0.2, 0.25) is 5.43 Å². The summed E-state index contributed by atoms with van der Waals surface area (Å²) >= 11 is 0. The zero-order valence-corrected chi connectivity index (χ0v) is 27.1. The minimum absolute atomic E-state index is 0.00840. The molecule has 2 aromatic heterocycles. The van der Waals surface area contributed by atoms with Gasteiger partial charge in [-0.2, -0.15) is 0 Å². The number of para-hydroxylation sites is 2. The highest BCUT2D eigenvalue weighted by Crippen LogP contribution is 2.48. The van der Waals surface area contributed by atoms with E-state index in [1.54, 1.807) is 30.2 Å². The first-order valence-electron chi connectivity index (χ1n) is 16.1. The van der Waals surface area contributed by atoms with Gasteiger partial charge in [-0.3, -0.25) is 9.59 Å². The highest BCUT2D eigenvalue weighted by atomic mass is 19.1. The number of carbonyl (C=O) groups excluding carboxylic acids is 2. The van der Waals surface area contributed by atoms with Gasteiger partial charge in [0.25, 0.3) is 5.91 Å². The monoisotopic (exact) mass is 660 g/mol. The molecule has 11 nitrogen and oxygen atoms in total. The van der Waals surface area contributed by atoms with E-state index in [1.165, 1.54) is 12.3 Å². The number of ether oxygens (including phenoxy) is 2. The van der Waals surface area contributed by atoms with Gasteiger partial charge in [-0.15, -0.1) is 0 Å². The number of hydrogen-bond acceptors (Lipinski definition) is 7. The van der Waals surface area contributed by atoms with Crippen molar-refractivity contribution in [2.24, 2.45) is 0 Å². The first-order chi connectivity index (χ1) is 23.5. The summed E-state index contributed by atoms with van der Waals surface area (Å²) in [6, 6.07) is 19.9. The Bertz CT molecular complexity index is 2360. The summed E-state index contributed by atoms with van der Waals surface area (Å²) in [6.07, 6.45) is 1.50. The summed E-state index contributed by atoms with van der Waals surface area (Å²) in [7, 11) is 0. The minimum atomic E-state index is -0.673. The molecule has 3 N–H and O–H groups in total. The number of aromatic amines is 1. The quantitative estimate of drug-likeness (QED) is 0.198. The van der Waals surface area contributed by atoms with Crippen LogP contribution >= 0.6 is 0 Å². The predicted molar refractivity (Wildman–Crippen MR) is 184 cm³/mol. The standard InChI is InChI=1S/C37H33FN6O5/c1-37(2,3)49-36(47)40-22-12-13-43(18-22)32-25(38)16-23-31-34(32)48-29-15-21-9-5-4-8-20(21)14-28(29)44(31)19-24(33(23)45)35(46)39-17-30-41-26-10-6-7-11-27(26)42-30/h4-11,14-16,19,22H,12-13,17-18H2,1-3H3,(H,39,46)(H,40,47)(H,41,42). The number of nitrogens with one attached hydrogen (secondary N) is 3. The third-order valence-corrected chi connectivity index (χ3v) is 8.79. The molecule has 1 saturated heterocycles. The van der Waals surface area contributed by atoms with E-state index in [9.17, 15) is 14.4 Å². The zero-order valence-electron chi connectivity index (χ0n) is 27.1. The van der Waals surface area contributed by atoms with Crippen LogP contribution in [0.3, 0.4) is 0 Å². The molecule has 6 aromatic rings. The van der Waals surface area contributed by atoms with Crippen molar-refractivity contribution in [2.45, 2.75) is 45.4 Å². The van der Waals surface area contributed by atoms with Crippen LogP contribution < -0.4 is 25.7 Å². The molecule has 2 amide bonds. The number of imidazole rings is 1. The maximum absolute atomic E-state index is 16.3. The Morgan fingerprint density at radius 2 is 1.84 bits per heavy atom. The number of alkyl carbamates (subject to hydrolysis) is 1. The van der Waals surface area contributed by atoms with Gasteiger partial charge in [-0.1, -0.05) is 36.4 Å². The first-order valence-corrected chi connectivity index (χ1v) is 16.1. The van der Waals surface area contributed by atoms with Gasteiger partial charge in [0, 0.05) is 19.3 Å². The largest absolute Gasteiger partial charge is 0.451 e. The van der Waals surface area contributed by atoms with E-state index >= 15 is 4.39 Å². The fourth-order valence-electron chi connectivity index (χ4n) is 6.65. The number of hydrogen-bond donors (Lipinski definition) is 3. The Balaban J connectivity index is 1.20. The van der Waals surface area contributed by atoms with E-state index in [0.29, 0.717) is 42.3 Å². The molecule has 12 heteroatoms. The molecule has 8 rings (SSSR count). The fourth-order valence-corrected chi connectivity index (χ4v) is 6.65. The summed E-state index contributed by atoms with van der Waals surface area (Å²) in [5, 5.41) is 7.52. The molecule has 2 aliphatic heterocycles. The fraction of sp³-hybridized carbons (Fsp3) is 0.243. The molecule has 0 aliphatic carbocycles. The number of halogens is 1. The number of anilines is 1. The molecule has 1 atom stereocenters. The van der Waals surface area contributed by atoms with Gasteiger partial charge >= 0.3 is 6.09 Å². The van der Waals surface area contributed by atoms with Gasteiger partial charge in [0.15, 0.2) is 17.3 Å². The normalized spacial score (nSPS) is 15.3. The summed E-state index contributed by atoms with van der Waals surface area (Å²) in [4.78, 5) is 49.6. The smallest absolute Gasteiger partial charge is 0.407 e. The number of carbonyl (C=O) groups is 2.